The van der Waals surface area contributed by atoms with Gasteiger partial charge in [0, 0.05) is 30.6 Å². The number of hydrogen-bond acceptors (Lipinski definition) is 4. The van der Waals surface area contributed by atoms with Crippen LogP contribution in [0.2, 0.25) is 0 Å². The maximum Gasteiger partial charge on any atom is 0.256 e. The third-order valence-electron chi connectivity index (χ3n) is 5.22. The van der Waals surface area contributed by atoms with Gasteiger partial charge in [-0.2, -0.15) is 11.3 Å². The van der Waals surface area contributed by atoms with Gasteiger partial charge in [-0.25, -0.2) is 0 Å². The van der Waals surface area contributed by atoms with Gasteiger partial charge in [0.25, 0.3) is 17.7 Å². The first-order valence-electron chi connectivity index (χ1n) is 10.2. The monoisotopic (exact) mass is 433 g/mol. The summed E-state index contributed by atoms with van der Waals surface area (Å²) in [5, 5.41) is 9.28. The van der Waals surface area contributed by atoms with Crippen molar-refractivity contribution in [1.82, 2.24) is 10.2 Å². The molecule has 1 fully saturated rings. The minimum absolute atomic E-state index is 0.0344. The number of likely N-dealkylation sites (tertiary alicyclic amines) is 1. The molecule has 2 aromatic carbocycles. The second-order valence-electron chi connectivity index (χ2n) is 7.39. The van der Waals surface area contributed by atoms with E-state index in [-0.39, 0.29) is 24.3 Å². The van der Waals surface area contributed by atoms with Gasteiger partial charge in [-0.15, -0.1) is 0 Å². The zero-order chi connectivity index (χ0) is 21.6. The highest BCUT2D eigenvalue weighted by Crippen LogP contribution is 2.18. The molecule has 0 spiro atoms. The van der Waals surface area contributed by atoms with E-state index >= 15 is 0 Å². The Labute approximate surface area is 184 Å². The Balaban J connectivity index is 1.42. The summed E-state index contributed by atoms with van der Waals surface area (Å²) in [4.78, 5) is 39.6. The van der Waals surface area contributed by atoms with Crippen molar-refractivity contribution in [3.8, 4) is 0 Å². The SMILES string of the molecule is O=C(Nc1ccccc1C(=O)NCc1cccc(C(=O)N2CCCC2)c1)c1ccsc1. The second kappa shape index (κ2) is 9.57. The number of nitrogens with one attached hydrogen (secondary N) is 2. The maximum absolute atomic E-state index is 12.8. The number of nitrogens with zero attached hydrogens (tertiary/aromatic N) is 1. The number of hydrogen-bond donors (Lipinski definition) is 2. The zero-order valence-electron chi connectivity index (χ0n) is 17.0. The fourth-order valence-electron chi connectivity index (χ4n) is 3.57. The molecule has 0 aliphatic carbocycles. The third-order valence-corrected chi connectivity index (χ3v) is 5.91. The number of thiophene rings is 1. The summed E-state index contributed by atoms with van der Waals surface area (Å²) >= 11 is 1.44. The fraction of sp³-hybridized carbons (Fsp3) is 0.208. The summed E-state index contributed by atoms with van der Waals surface area (Å²) in [5.41, 5.74) is 2.87. The zero-order valence-corrected chi connectivity index (χ0v) is 17.8. The van der Waals surface area contributed by atoms with Gasteiger partial charge >= 0.3 is 0 Å². The third kappa shape index (κ3) is 5.00. The lowest BCUT2D eigenvalue weighted by Crippen LogP contribution is -2.28. The summed E-state index contributed by atoms with van der Waals surface area (Å²) in [6, 6.07) is 16.0. The van der Waals surface area contributed by atoms with Crippen molar-refractivity contribution in [2.75, 3.05) is 18.4 Å². The van der Waals surface area contributed by atoms with Crippen LogP contribution in [0, 0.1) is 0 Å². The van der Waals surface area contributed by atoms with E-state index in [1.54, 1.807) is 41.8 Å². The van der Waals surface area contributed by atoms with Gasteiger partial charge in [0.2, 0.25) is 0 Å². The Morgan fingerprint density at radius 1 is 0.903 bits per heavy atom. The second-order valence-corrected chi connectivity index (χ2v) is 8.17. The molecule has 158 valence electrons. The summed E-state index contributed by atoms with van der Waals surface area (Å²) in [7, 11) is 0. The summed E-state index contributed by atoms with van der Waals surface area (Å²) < 4.78 is 0. The highest BCUT2D eigenvalue weighted by molar-refractivity contribution is 7.08. The molecular weight excluding hydrogens is 410 g/mol. The van der Waals surface area contributed by atoms with Gasteiger partial charge in [-0.1, -0.05) is 24.3 Å². The fourth-order valence-corrected chi connectivity index (χ4v) is 4.21. The molecular formula is C24H23N3O3S. The number of amides is 3. The molecule has 1 aromatic heterocycles. The summed E-state index contributed by atoms with van der Waals surface area (Å²) in [6.45, 7) is 1.88. The number of para-hydroxylation sites is 1. The van der Waals surface area contributed by atoms with Crippen LogP contribution in [0.3, 0.4) is 0 Å². The Kier molecular flexibility index (Phi) is 6.43. The predicted octanol–water partition coefficient (Wildman–Crippen LogP) is 4.17. The molecule has 2 N–H and O–H groups in total. The summed E-state index contributed by atoms with van der Waals surface area (Å²) in [5.74, 6) is -0.515. The van der Waals surface area contributed by atoms with Crippen molar-refractivity contribution in [2.45, 2.75) is 19.4 Å². The Morgan fingerprint density at radius 3 is 2.48 bits per heavy atom. The molecule has 1 aliphatic rings. The van der Waals surface area contributed by atoms with E-state index in [1.165, 1.54) is 11.3 Å². The first-order chi connectivity index (χ1) is 15.1. The van der Waals surface area contributed by atoms with E-state index in [0.717, 1.165) is 31.5 Å². The molecule has 1 saturated heterocycles. The molecule has 0 unspecified atom stereocenters. The van der Waals surface area contributed by atoms with Gasteiger partial charge in [0.1, 0.15) is 0 Å². The Hall–Kier alpha value is -3.45. The van der Waals surface area contributed by atoms with E-state index in [4.69, 9.17) is 0 Å². The van der Waals surface area contributed by atoms with Crippen molar-refractivity contribution in [1.29, 1.82) is 0 Å². The number of carbonyl (C=O) groups is 3. The molecule has 0 atom stereocenters. The van der Waals surface area contributed by atoms with Crippen LogP contribution in [0.5, 0.6) is 0 Å². The van der Waals surface area contributed by atoms with E-state index in [2.05, 4.69) is 10.6 Å². The van der Waals surface area contributed by atoms with Crippen LogP contribution in [0.15, 0.2) is 65.4 Å². The number of carbonyl (C=O) groups excluding carboxylic acids is 3. The van der Waals surface area contributed by atoms with Crippen LogP contribution >= 0.6 is 11.3 Å². The topological polar surface area (TPSA) is 78.5 Å². The minimum atomic E-state index is -0.294. The molecule has 3 aromatic rings. The lowest BCUT2D eigenvalue weighted by Gasteiger charge is -2.16. The predicted molar refractivity (Wildman–Crippen MR) is 121 cm³/mol. The quantitative estimate of drug-likeness (QED) is 0.613. The van der Waals surface area contributed by atoms with E-state index < -0.39 is 0 Å². The molecule has 7 heteroatoms. The van der Waals surface area contributed by atoms with Gasteiger partial charge in [-0.05, 0) is 54.1 Å². The number of anilines is 1. The molecule has 2 heterocycles. The van der Waals surface area contributed by atoms with Crippen LogP contribution in [0.4, 0.5) is 5.69 Å². The average molecular weight is 434 g/mol. The van der Waals surface area contributed by atoms with E-state index in [0.29, 0.717) is 22.4 Å². The van der Waals surface area contributed by atoms with Crippen molar-refractivity contribution in [3.63, 3.8) is 0 Å². The lowest BCUT2D eigenvalue weighted by atomic mass is 10.1. The van der Waals surface area contributed by atoms with Crippen LogP contribution in [-0.2, 0) is 6.54 Å². The smallest absolute Gasteiger partial charge is 0.256 e. The maximum atomic E-state index is 12.8. The molecule has 0 radical (unpaired) electrons. The van der Waals surface area contributed by atoms with E-state index in [1.807, 2.05) is 28.5 Å². The normalized spacial score (nSPS) is 13.1. The van der Waals surface area contributed by atoms with Crippen LogP contribution in [0.25, 0.3) is 0 Å². The van der Waals surface area contributed by atoms with Gasteiger partial charge in [-0.3, -0.25) is 14.4 Å². The van der Waals surface area contributed by atoms with E-state index in [9.17, 15) is 14.4 Å². The van der Waals surface area contributed by atoms with Crippen molar-refractivity contribution in [3.05, 3.63) is 87.6 Å². The van der Waals surface area contributed by atoms with Gasteiger partial charge in [0.05, 0.1) is 16.8 Å². The average Bonchev–Trinajstić information content (AvgIpc) is 3.52. The van der Waals surface area contributed by atoms with Crippen molar-refractivity contribution >= 4 is 34.7 Å². The van der Waals surface area contributed by atoms with Crippen LogP contribution in [0.1, 0.15) is 49.5 Å². The summed E-state index contributed by atoms with van der Waals surface area (Å²) in [6.07, 6.45) is 2.09. The van der Waals surface area contributed by atoms with Crippen molar-refractivity contribution < 1.29 is 14.4 Å². The molecule has 4 rings (SSSR count). The Bertz CT molecular complexity index is 1090. The Morgan fingerprint density at radius 2 is 1.71 bits per heavy atom. The van der Waals surface area contributed by atoms with Crippen molar-refractivity contribution in [2.24, 2.45) is 0 Å². The van der Waals surface area contributed by atoms with Gasteiger partial charge < -0.3 is 15.5 Å². The highest BCUT2D eigenvalue weighted by atomic mass is 32.1. The number of rotatable bonds is 6. The molecule has 0 saturated carbocycles. The van der Waals surface area contributed by atoms with Crippen LogP contribution < -0.4 is 10.6 Å². The molecule has 3 amide bonds. The first kappa shape index (κ1) is 20.8. The van der Waals surface area contributed by atoms with Gasteiger partial charge in [0.15, 0.2) is 0 Å². The largest absolute Gasteiger partial charge is 0.348 e. The molecule has 31 heavy (non-hydrogen) atoms. The standard InChI is InChI=1S/C24H23N3O3S/c28-22(19-10-13-31-16-19)26-21-9-2-1-8-20(21)23(29)25-15-17-6-5-7-18(14-17)24(30)27-11-3-4-12-27/h1-2,5-10,13-14,16H,3-4,11-12,15H2,(H,25,29)(H,26,28). The number of benzene rings is 2. The minimum Gasteiger partial charge on any atom is -0.348 e. The molecule has 1 aliphatic heterocycles. The molecule has 6 nitrogen and oxygen atoms in total. The molecule has 0 bridgehead atoms. The van der Waals surface area contributed by atoms with Crippen LogP contribution in [-0.4, -0.2) is 35.7 Å². The highest BCUT2D eigenvalue weighted by Gasteiger charge is 2.20. The lowest BCUT2D eigenvalue weighted by molar-refractivity contribution is 0.0792. The first-order valence-corrected chi connectivity index (χ1v) is 11.1.